The van der Waals surface area contributed by atoms with Crippen molar-refractivity contribution in [2.24, 2.45) is 0 Å². The fourth-order valence-corrected chi connectivity index (χ4v) is 3.93. The van der Waals surface area contributed by atoms with Gasteiger partial charge in [-0.3, -0.25) is 4.90 Å². The second-order valence-corrected chi connectivity index (χ2v) is 6.14. The van der Waals surface area contributed by atoms with Crippen LogP contribution in [0.5, 0.6) is 0 Å². The highest BCUT2D eigenvalue weighted by Gasteiger charge is 2.28. The summed E-state index contributed by atoms with van der Waals surface area (Å²) < 4.78 is 0. The Morgan fingerprint density at radius 1 is 1.21 bits per heavy atom. The van der Waals surface area contributed by atoms with E-state index in [2.05, 4.69) is 41.5 Å². The number of likely N-dealkylation sites (tertiary alicyclic amines) is 1. The van der Waals surface area contributed by atoms with E-state index in [1.54, 1.807) is 11.1 Å². The van der Waals surface area contributed by atoms with Crippen LogP contribution in [-0.4, -0.2) is 37.6 Å². The van der Waals surface area contributed by atoms with Crippen molar-refractivity contribution in [2.75, 3.05) is 26.7 Å². The third-order valence-corrected chi connectivity index (χ3v) is 4.89. The predicted octanol–water partition coefficient (Wildman–Crippen LogP) is 2.79. The van der Waals surface area contributed by atoms with Crippen LogP contribution in [0.3, 0.4) is 0 Å². The van der Waals surface area contributed by atoms with Gasteiger partial charge in [0.05, 0.1) is 0 Å². The van der Waals surface area contributed by atoms with Gasteiger partial charge >= 0.3 is 0 Å². The average molecular weight is 258 g/mol. The molecule has 1 saturated heterocycles. The van der Waals surface area contributed by atoms with Crippen LogP contribution in [0.1, 0.15) is 42.7 Å². The van der Waals surface area contributed by atoms with Crippen LogP contribution in [0, 0.1) is 0 Å². The standard InChI is InChI=1S/C17H26N2/c1-18-12-16-9-5-11-19(16)13-15-8-4-7-14-6-2-3-10-17(14)15/h2-3,6,10,15-16,18H,4-5,7-9,11-13H2,1H3. The molecule has 2 atom stereocenters. The zero-order valence-electron chi connectivity index (χ0n) is 12.1. The molecule has 0 amide bonds. The largest absolute Gasteiger partial charge is 0.318 e. The summed E-state index contributed by atoms with van der Waals surface area (Å²) in [4.78, 5) is 2.73. The smallest absolute Gasteiger partial charge is 0.0221 e. The summed E-state index contributed by atoms with van der Waals surface area (Å²) in [6.07, 6.45) is 6.77. The number of nitrogens with one attached hydrogen (secondary N) is 1. The lowest BCUT2D eigenvalue weighted by atomic mass is 9.82. The number of benzene rings is 1. The number of hydrogen-bond donors (Lipinski definition) is 1. The first kappa shape index (κ1) is 13.1. The first-order valence-corrected chi connectivity index (χ1v) is 7.85. The van der Waals surface area contributed by atoms with E-state index >= 15 is 0 Å². The molecule has 2 unspecified atom stereocenters. The van der Waals surface area contributed by atoms with Crippen LogP contribution < -0.4 is 5.32 Å². The Balaban J connectivity index is 1.70. The molecule has 1 aromatic carbocycles. The van der Waals surface area contributed by atoms with Crippen molar-refractivity contribution in [3.8, 4) is 0 Å². The van der Waals surface area contributed by atoms with Gasteiger partial charge in [-0.15, -0.1) is 0 Å². The number of aryl methyl sites for hydroxylation is 1. The molecule has 0 radical (unpaired) electrons. The van der Waals surface area contributed by atoms with Gasteiger partial charge in [0.1, 0.15) is 0 Å². The summed E-state index contributed by atoms with van der Waals surface area (Å²) >= 11 is 0. The van der Waals surface area contributed by atoms with Crippen LogP contribution in [0.2, 0.25) is 0 Å². The lowest BCUT2D eigenvalue weighted by molar-refractivity contribution is 0.228. The second kappa shape index (κ2) is 6.06. The van der Waals surface area contributed by atoms with Crippen molar-refractivity contribution in [2.45, 2.75) is 44.1 Å². The minimum Gasteiger partial charge on any atom is -0.318 e. The highest BCUT2D eigenvalue weighted by atomic mass is 15.2. The monoisotopic (exact) mass is 258 g/mol. The quantitative estimate of drug-likeness (QED) is 0.893. The number of nitrogens with zero attached hydrogens (tertiary/aromatic N) is 1. The maximum Gasteiger partial charge on any atom is 0.0221 e. The van der Waals surface area contributed by atoms with E-state index in [0.29, 0.717) is 0 Å². The van der Waals surface area contributed by atoms with E-state index in [1.165, 1.54) is 45.2 Å². The molecule has 1 fully saturated rings. The van der Waals surface area contributed by atoms with Crippen LogP contribution in [-0.2, 0) is 6.42 Å². The van der Waals surface area contributed by atoms with Crippen molar-refractivity contribution >= 4 is 0 Å². The van der Waals surface area contributed by atoms with Crippen molar-refractivity contribution in [1.29, 1.82) is 0 Å². The molecule has 0 spiro atoms. The van der Waals surface area contributed by atoms with Crippen LogP contribution in [0.25, 0.3) is 0 Å². The Kier molecular flexibility index (Phi) is 4.19. The normalized spacial score (nSPS) is 27.4. The maximum atomic E-state index is 3.35. The van der Waals surface area contributed by atoms with Gasteiger partial charge in [-0.2, -0.15) is 0 Å². The molecule has 1 heterocycles. The minimum absolute atomic E-state index is 0.763. The highest BCUT2D eigenvalue weighted by molar-refractivity contribution is 5.32. The lowest BCUT2D eigenvalue weighted by Gasteiger charge is -2.32. The molecule has 2 nitrogen and oxygen atoms in total. The molecule has 1 aliphatic heterocycles. The van der Waals surface area contributed by atoms with Gasteiger partial charge in [0.25, 0.3) is 0 Å². The third kappa shape index (κ3) is 2.85. The van der Waals surface area contributed by atoms with Crippen molar-refractivity contribution in [3.63, 3.8) is 0 Å². The second-order valence-electron chi connectivity index (χ2n) is 6.14. The number of likely N-dealkylation sites (N-methyl/N-ethyl adjacent to an activating group) is 1. The SMILES string of the molecule is CNCC1CCCN1CC1CCCc2ccccc21. The van der Waals surface area contributed by atoms with Crippen molar-refractivity contribution < 1.29 is 0 Å². The molecular formula is C17H26N2. The summed E-state index contributed by atoms with van der Waals surface area (Å²) in [6, 6.07) is 9.87. The highest BCUT2D eigenvalue weighted by Crippen LogP contribution is 2.33. The summed E-state index contributed by atoms with van der Waals surface area (Å²) in [5.74, 6) is 0.766. The van der Waals surface area contributed by atoms with Crippen LogP contribution >= 0.6 is 0 Å². The van der Waals surface area contributed by atoms with Crippen molar-refractivity contribution in [3.05, 3.63) is 35.4 Å². The maximum absolute atomic E-state index is 3.35. The third-order valence-electron chi connectivity index (χ3n) is 4.89. The van der Waals surface area contributed by atoms with E-state index in [9.17, 15) is 0 Å². The van der Waals surface area contributed by atoms with E-state index in [0.717, 1.165) is 18.5 Å². The molecule has 1 aliphatic carbocycles. The summed E-state index contributed by atoms with van der Waals surface area (Å²) in [5, 5.41) is 3.35. The fourth-order valence-electron chi connectivity index (χ4n) is 3.93. The van der Waals surface area contributed by atoms with E-state index in [1.807, 2.05) is 0 Å². The van der Waals surface area contributed by atoms with Gasteiger partial charge in [-0.25, -0.2) is 0 Å². The molecule has 1 N–H and O–H groups in total. The molecule has 3 rings (SSSR count). The molecular weight excluding hydrogens is 232 g/mol. The summed E-state index contributed by atoms with van der Waals surface area (Å²) in [5.41, 5.74) is 3.23. The average Bonchev–Trinajstić information content (AvgIpc) is 2.87. The Morgan fingerprint density at radius 2 is 2.11 bits per heavy atom. The molecule has 1 aromatic rings. The zero-order chi connectivity index (χ0) is 13.1. The van der Waals surface area contributed by atoms with E-state index in [4.69, 9.17) is 0 Å². The van der Waals surface area contributed by atoms with Gasteiger partial charge in [-0.05, 0) is 62.7 Å². The van der Waals surface area contributed by atoms with Crippen LogP contribution in [0.4, 0.5) is 0 Å². The Bertz CT molecular complexity index is 415. The first-order chi connectivity index (χ1) is 9.38. The fraction of sp³-hybridized carbons (Fsp3) is 0.647. The molecule has 0 aromatic heterocycles. The zero-order valence-corrected chi connectivity index (χ0v) is 12.1. The molecule has 0 bridgehead atoms. The summed E-state index contributed by atoms with van der Waals surface area (Å²) in [7, 11) is 2.08. The van der Waals surface area contributed by atoms with Gasteiger partial charge in [0.15, 0.2) is 0 Å². The van der Waals surface area contributed by atoms with Crippen LogP contribution in [0.15, 0.2) is 24.3 Å². The number of rotatable bonds is 4. The Morgan fingerprint density at radius 3 is 3.00 bits per heavy atom. The molecule has 104 valence electrons. The number of fused-ring (bicyclic) bond motifs is 1. The first-order valence-electron chi connectivity index (χ1n) is 7.85. The van der Waals surface area contributed by atoms with Gasteiger partial charge in [0, 0.05) is 19.1 Å². The van der Waals surface area contributed by atoms with Gasteiger partial charge in [0.2, 0.25) is 0 Å². The predicted molar refractivity (Wildman–Crippen MR) is 80.6 cm³/mol. The topological polar surface area (TPSA) is 15.3 Å². The number of hydrogen-bond acceptors (Lipinski definition) is 2. The van der Waals surface area contributed by atoms with E-state index < -0.39 is 0 Å². The Hall–Kier alpha value is -0.860. The minimum atomic E-state index is 0.763. The van der Waals surface area contributed by atoms with Crippen molar-refractivity contribution in [1.82, 2.24) is 10.2 Å². The molecule has 2 aliphatic rings. The Labute approximate surface area is 117 Å². The molecule has 19 heavy (non-hydrogen) atoms. The summed E-state index contributed by atoms with van der Waals surface area (Å²) in [6.45, 7) is 3.71. The van der Waals surface area contributed by atoms with E-state index in [-0.39, 0.29) is 0 Å². The molecule has 2 heteroatoms. The van der Waals surface area contributed by atoms with Gasteiger partial charge < -0.3 is 5.32 Å². The lowest BCUT2D eigenvalue weighted by Crippen LogP contribution is -2.39. The van der Waals surface area contributed by atoms with Gasteiger partial charge in [-0.1, -0.05) is 24.3 Å². The molecule has 0 saturated carbocycles.